The number of ether oxygens (including phenoxy) is 1. The molecule has 148 valence electrons. The average Bonchev–Trinajstić information content (AvgIpc) is 2.69. The summed E-state index contributed by atoms with van der Waals surface area (Å²) in [6.07, 6.45) is 2.70. The standard InChI is InChI=1S/C21H31N3O3/c1-4-5-6-19-21(26)22(3)9-10-24(19)20(25)17-7-8-18(16(2)15-17)23-11-13-27-14-12-23/h7-8,15,19H,4-6,9-14H2,1-3H3/t19-/m1/s1. The van der Waals surface area contributed by atoms with E-state index < -0.39 is 0 Å². The minimum absolute atomic E-state index is 0.0332. The van der Waals surface area contributed by atoms with Gasteiger partial charge in [-0.15, -0.1) is 0 Å². The van der Waals surface area contributed by atoms with E-state index in [0.717, 1.165) is 56.8 Å². The predicted molar refractivity (Wildman–Crippen MR) is 106 cm³/mol. The summed E-state index contributed by atoms with van der Waals surface area (Å²) in [5.74, 6) is 0.0267. The van der Waals surface area contributed by atoms with Crippen LogP contribution in [0.25, 0.3) is 0 Å². The number of likely N-dealkylation sites (N-methyl/N-ethyl adjacent to an activating group) is 1. The van der Waals surface area contributed by atoms with E-state index in [2.05, 4.69) is 11.8 Å². The Morgan fingerprint density at radius 1 is 1.19 bits per heavy atom. The van der Waals surface area contributed by atoms with E-state index in [1.807, 2.05) is 32.2 Å². The molecule has 0 spiro atoms. The highest BCUT2D eigenvalue weighted by atomic mass is 16.5. The van der Waals surface area contributed by atoms with Gasteiger partial charge in [0.1, 0.15) is 6.04 Å². The second kappa shape index (κ2) is 8.74. The molecular formula is C21H31N3O3. The SMILES string of the molecule is CCCC[C@@H]1C(=O)N(C)CCN1C(=O)c1ccc(N2CCOCC2)c(C)c1. The average molecular weight is 373 g/mol. The number of carbonyl (C=O) groups is 2. The van der Waals surface area contributed by atoms with E-state index >= 15 is 0 Å². The molecule has 27 heavy (non-hydrogen) atoms. The molecule has 0 unspecified atom stereocenters. The molecule has 0 aromatic heterocycles. The summed E-state index contributed by atoms with van der Waals surface area (Å²) in [4.78, 5) is 31.6. The predicted octanol–water partition coefficient (Wildman–Crippen LogP) is 2.30. The van der Waals surface area contributed by atoms with Gasteiger partial charge in [0.05, 0.1) is 13.2 Å². The maximum Gasteiger partial charge on any atom is 0.254 e. The van der Waals surface area contributed by atoms with Gasteiger partial charge in [0.2, 0.25) is 5.91 Å². The quantitative estimate of drug-likeness (QED) is 0.795. The number of hydrogen-bond acceptors (Lipinski definition) is 4. The number of nitrogens with zero attached hydrogens (tertiary/aromatic N) is 3. The molecular weight excluding hydrogens is 342 g/mol. The van der Waals surface area contributed by atoms with E-state index in [0.29, 0.717) is 18.7 Å². The number of piperazine rings is 1. The largest absolute Gasteiger partial charge is 0.378 e. The Kier molecular flexibility index (Phi) is 6.37. The van der Waals surface area contributed by atoms with Crippen molar-refractivity contribution in [1.29, 1.82) is 0 Å². The first kappa shape index (κ1) is 19.7. The van der Waals surface area contributed by atoms with Crippen LogP contribution >= 0.6 is 0 Å². The zero-order chi connectivity index (χ0) is 19.4. The highest BCUT2D eigenvalue weighted by Gasteiger charge is 2.35. The molecule has 1 aromatic carbocycles. The fraction of sp³-hybridized carbons (Fsp3) is 0.619. The van der Waals surface area contributed by atoms with Gasteiger partial charge >= 0.3 is 0 Å². The minimum Gasteiger partial charge on any atom is -0.378 e. The molecule has 0 saturated carbocycles. The first-order chi connectivity index (χ1) is 13.0. The van der Waals surface area contributed by atoms with Gasteiger partial charge < -0.3 is 19.4 Å². The molecule has 6 heteroatoms. The fourth-order valence-corrected chi connectivity index (χ4v) is 3.94. The van der Waals surface area contributed by atoms with Crippen molar-refractivity contribution >= 4 is 17.5 Å². The number of rotatable bonds is 5. The molecule has 2 aliphatic heterocycles. The Hall–Kier alpha value is -2.08. The third-order valence-corrected chi connectivity index (χ3v) is 5.60. The van der Waals surface area contributed by atoms with Crippen molar-refractivity contribution in [1.82, 2.24) is 9.80 Å². The number of aryl methyl sites for hydroxylation is 1. The lowest BCUT2D eigenvalue weighted by Crippen LogP contribution is -2.57. The normalized spacial score (nSPS) is 20.9. The number of hydrogen-bond donors (Lipinski definition) is 0. The van der Waals surface area contributed by atoms with Gasteiger partial charge in [0.25, 0.3) is 5.91 Å². The van der Waals surface area contributed by atoms with E-state index in [-0.39, 0.29) is 17.9 Å². The summed E-state index contributed by atoms with van der Waals surface area (Å²) in [6, 6.07) is 5.56. The third kappa shape index (κ3) is 4.26. The smallest absolute Gasteiger partial charge is 0.254 e. The van der Waals surface area contributed by atoms with Crippen LogP contribution in [0.3, 0.4) is 0 Å². The summed E-state index contributed by atoms with van der Waals surface area (Å²) in [7, 11) is 1.82. The molecule has 0 N–H and O–H groups in total. The molecule has 2 aliphatic rings. The van der Waals surface area contributed by atoms with Gasteiger partial charge in [-0.1, -0.05) is 19.8 Å². The second-order valence-corrected chi connectivity index (χ2v) is 7.52. The third-order valence-electron chi connectivity index (χ3n) is 5.60. The number of amides is 2. The molecule has 2 heterocycles. The van der Waals surface area contributed by atoms with Crippen molar-refractivity contribution in [3.63, 3.8) is 0 Å². The van der Waals surface area contributed by atoms with Crippen LogP contribution in [-0.2, 0) is 9.53 Å². The Bertz CT molecular complexity index is 685. The molecule has 2 amide bonds. The Morgan fingerprint density at radius 2 is 1.93 bits per heavy atom. The molecule has 6 nitrogen and oxygen atoms in total. The first-order valence-corrected chi connectivity index (χ1v) is 10.0. The van der Waals surface area contributed by atoms with Crippen molar-refractivity contribution < 1.29 is 14.3 Å². The Morgan fingerprint density at radius 3 is 2.59 bits per heavy atom. The van der Waals surface area contributed by atoms with Crippen molar-refractivity contribution in [2.24, 2.45) is 0 Å². The van der Waals surface area contributed by atoms with Gasteiger partial charge in [-0.3, -0.25) is 9.59 Å². The Balaban J connectivity index is 1.79. The number of carbonyl (C=O) groups excluding carboxylic acids is 2. The zero-order valence-electron chi connectivity index (χ0n) is 16.7. The molecule has 2 fully saturated rings. The monoisotopic (exact) mass is 373 g/mol. The Labute approximate surface area is 162 Å². The van der Waals surface area contributed by atoms with Crippen LogP contribution in [0.4, 0.5) is 5.69 Å². The number of benzene rings is 1. The number of unbranched alkanes of at least 4 members (excludes halogenated alkanes) is 1. The summed E-state index contributed by atoms with van der Waals surface area (Å²) in [5.41, 5.74) is 2.92. The molecule has 1 atom stereocenters. The van der Waals surface area contributed by atoms with Crippen LogP contribution < -0.4 is 4.90 Å². The highest BCUT2D eigenvalue weighted by Crippen LogP contribution is 2.25. The lowest BCUT2D eigenvalue weighted by molar-refractivity contribution is -0.138. The lowest BCUT2D eigenvalue weighted by atomic mass is 10.0. The lowest BCUT2D eigenvalue weighted by Gasteiger charge is -2.39. The van der Waals surface area contributed by atoms with Gasteiger partial charge in [0.15, 0.2) is 0 Å². The maximum absolute atomic E-state index is 13.2. The zero-order valence-corrected chi connectivity index (χ0v) is 16.7. The number of anilines is 1. The van der Waals surface area contributed by atoms with Crippen LogP contribution in [0.5, 0.6) is 0 Å². The first-order valence-electron chi connectivity index (χ1n) is 10.0. The topological polar surface area (TPSA) is 53.1 Å². The number of morpholine rings is 1. The van der Waals surface area contributed by atoms with E-state index in [9.17, 15) is 9.59 Å². The van der Waals surface area contributed by atoms with Crippen molar-refractivity contribution in [2.75, 3.05) is 51.3 Å². The van der Waals surface area contributed by atoms with Crippen LogP contribution in [0.1, 0.15) is 42.1 Å². The fourth-order valence-electron chi connectivity index (χ4n) is 3.94. The van der Waals surface area contributed by atoms with E-state index in [1.54, 1.807) is 9.80 Å². The highest BCUT2D eigenvalue weighted by molar-refractivity contribution is 5.98. The molecule has 3 rings (SSSR count). The van der Waals surface area contributed by atoms with Crippen LogP contribution in [-0.4, -0.2) is 74.1 Å². The molecule has 1 aromatic rings. The van der Waals surface area contributed by atoms with Crippen molar-refractivity contribution in [3.8, 4) is 0 Å². The van der Waals surface area contributed by atoms with Gasteiger partial charge in [0, 0.05) is 44.5 Å². The molecule has 0 aliphatic carbocycles. The van der Waals surface area contributed by atoms with Crippen molar-refractivity contribution in [3.05, 3.63) is 29.3 Å². The summed E-state index contributed by atoms with van der Waals surface area (Å²) >= 11 is 0. The van der Waals surface area contributed by atoms with Crippen LogP contribution in [0, 0.1) is 6.92 Å². The maximum atomic E-state index is 13.2. The van der Waals surface area contributed by atoms with Gasteiger partial charge in [-0.2, -0.15) is 0 Å². The minimum atomic E-state index is -0.338. The molecule has 0 radical (unpaired) electrons. The van der Waals surface area contributed by atoms with Crippen LogP contribution in [0.15, 0.2) is 18.2 Å². The van der Waals surface area contributed by atoms with E-state index in [4.69, 9.17) is 4.74 Å². The molecule has 2 saturated heterocycles. The van der Waals surface area contributed by atoms with E-state index in [1.165, 1.54) is 0 Å². The molecule has 0 bridgehead atoms. The summed E-state index contributed by atoms with van der Waals surface area (Å²) < 4.78 is 5.43. The van der Waals surface area contributed by atoms with Gasteiger partial charge in [-0.25, -0.2) is 0 Å². The van der Waals surface area contributed by atoms with Crippen LogP contribution in [0.2, 0.25) is 0 Å². The summed E-state index contributed by atoms with van der Waals surface area (Å²) in [5, 5.41) is 0. The second-order valence-electron chi connectivity index (χ2n) is 7.52. The summed E-state index contributed by atoms with van der Waals surface area (Å²) in [6.45, 7) is 8.57. The van der Waals surface area contributed by atoms with Gasteiger partial charge in [-0.05, 0) is 37.1 Å². The van der Waals surface area contributed by atoms with Crippen molar-refractivity contribution in [2.45, 2.75) is 39.2 Å².